The van der Waals surface area contributed by atoms with Crippen LogP contribution < -0.4 is 5.32 Å². The Morgan fingerprint density at radius 3 is 2.56 bits per heavy atom. The van der Waals surface area contributed by atoms with Crippen LogP contribution in [0.5, 0.6) is 0 Å². The monoisotopic (exact) mass is 219 g/mol. The maximum Gasteiger partial charge on any atom is 0.251 e. The van der Waals surface area contributed by atoms with Crippen molar-refractivity contribution < 1.29 is 4.79 Å². The molecule has 88 valence electrons. The third kappa shape index (κ3) is 3.69. The molecular formula is C14H21NO. The van der Waals surface area contributed by atoms with Crippen LogP contribution in [0.25, 0.3) is 0 Å². The third-order valence-electron chi connectivity index (χ3n) is 2.63. The van der Waals surface area contributed by atoms with Crippen LogP contribution >= 0.6 is 0 Å². The largest absolute Gasteiger partial charge is 0.352 e. The minimum absolute atomic E-state index is 0.0400. The Labute approximate surface area is 98.1 Å². The zero-order valence-electron chi connectivity index (χ0n) is 10.6. The van der Waals surface area contributed by atoms with Gasteiger partial charge in [0.2, 0.25) is 0 Å². The maximum atomic E-state index is 11.8. The third-order valence-corrected chi connectivity index (χ3v) is 2.63. The van der Waals surface area contributed by atoms with Gasteiger partial charge < -0.3 is 5.32 Å². The van der Waals surface area contributed by atoms with E-state index in [0.717, 1.165) is 24.1 Å². The molecule has 1 N–H and O–H groups in total. The summed E-state index contributed by atoms with van der Waals surface area (Å²) >= 11 is 0. The zero-order valence-corrected chi connectivity index (χ0v) is 10.6. The average Bonchev–Trinajstić information content (AvgIpc) is 2.16. The van der Waals surface area contributed by atoms with E-state index in [1.165, 1.54) is 5.56 Å². The van der Waals surface area contributed by atoms with Crippen molar-refractivity contribution in [2.24, 2.45) is 5.92 Å². The quantitative estimate of drug-likeness (QED) is 0.828. The number of hydrogen-bond donors (Lipinski definition) is 1. The van der Waals surface area contributed by atoms with Gasteiger partial charge in [0, 0.05) is 12.1 Å². The maximum absolute atomic E-state index is 11.8. The lowest BCUT2D eigenvalue weighted by molar-refractivity contribution is 0.0951. The first-order chi connectivity index (χ1) is 7.50. The Kier molecular flexibility index (Phi) is 4.53. The summed E-state index contributed by atoms with van der Waals surface area (Å²) in [5, 5.41) is 2.95. The molecule has 2 nitrogen and oxygen atoms in total. The summed E-state index contributed by atoms with van der Waals surface area (Å²) in [6, 6.07) is 5.91. The second-order valence-electron chi connectivity index (χ2n) is 4.76. The summed E-state index contributed by atoms with van der Waals surface area (Å²) in [7, 11) is 0. The van der Waals surface area contributed by atoms with Gasteiger partial charge in [-0.3, -0.25) is 4.79 Å². The molecule has 0 aromatic heterocycles. The minimum atomic E-state index is 0.0400. The summed E-state index contributed by atoms with van der Waals surface area (Å²) in [6.07, 6.45) is 1.02. The molecule has 0 aliphatic heterocycles. The van der Waals surface area contributed by atoms with Crippen LogP contribution in [0, 0.1) is 19.8 Å². The molecule has 1 aromatic rings. The molecule has 0 atom stereocenters. The Bertz CT molecular complexity index is 369. The zero-order chi connectivity index (χ0) is 12.1. The van der Waals surface area contributed by atoms with E-state index in [9.17, 15) is 4.79 Å². The summed E-state index contributed by atoms with van der Waals surface area (Å²) in [4.78, 5) is 11.8. The number of amides is 1. The van der Waals surface area contributed by atoms with Gasteiger partial charge in [-0.2, -0.15) is 0 Å². The molecule has 0 bridgehead atoms. The van der Waals surface area contributed by atoms with E-state index >= 15 is 0 Å². The summed E-state index contributed by atoms with van der Waals surface area (Å²) in [5.74, 6) is 0.664. The van der Waals surface area contributed by atoms with E-state index in [2.05, 4.69) is 19.2 Å². The molecule has 1 aromatic carbocycles. The van der Waals surface area contributed by atoms with Crippen LogP contribution in [0.4, 0.5) is 0 Å². The van der Waals surface area contributed by atoms with E-state index in [-0.39, 0.29) is 5.91 Å². The predicted octanol–water partition coefficient (Wildman–Crippen LogP) is 3.08. The van der Waals surface area contributed by atoms with Gasteiger partial charge >= 0.3 is 0 Å². The molecule has 0 aliphatic rings. The molecule has 0 spiro atoms. The molecule has 16 heavy (non-hydrogen) atoms. The SMILES string of the molecule is Cc1ccc(C(=O)NCCC(C)C)c(C)c1. The molecule has 0 heterocycles. The number of nitrogens with one attached hydrogen (secondary N) is 1. The molecule has 2 heteroatoms. The predicted molar refractivity (Wildman–Crippen MR) is 67.7 cm³/mol. The second-order valence-corrected chi connectivity index (χ2v) is 4.76. The van der Waals surface area contributed by atoms with Gasteiger partial charge in [-0.25, -0.2) is 0 Å². The van der Waals surface area contributed by atoms with E-state index in [1.54, 1.807) is 0 Å². The highest BCUT2D eigenvalue weighted by molar-refractivity contribution is 5.95. The number of aryl methyl sites for hydroxylation is 2. The van der Waals surface area contributed by atoms with Crippen LogP contribution in [0.3, 0.4) is 0 Å². The highest BCUT2D eigenvalue weighted by atomic mass is 16.1. The number of benzene rings is 1. The van der Waals surface area contributed by atoms with Gasteiger partial charge in [0.25, 0.3) is 5.91 Å². The Morgan fingerprint density at radius 2 is 2.00 bits per heavy atom. The van der Waals surface area contributed by atoms with Crippen molar-refractivity contribution >= 4 is 5.91 Å². The Morgan fingerprint density at radius 1 is 1.31 bits per heavy atom. The van der Waals surface area contributed by atoms with Crippen LogP contribution in [0.2, 0.25) is 0 Å². The normalized spacial score (nSPS) is 10.6. The van der Waals surface area contributed by atoms with Gasteiger partial charge in [0.15, 0.2) is 0 Å². The lowest BCUT2D eigenvalue weighted by Crippen LogP contribution is -2.26. The molecule has 0 saturated heterocycles. The Balaban J connectivity index is 2.59. The van der Waals surface area contributed by atoms with E-state index in [0.29, 0.717) is 5.92 Å². The number of carbonyl (C=O) groups is 1. The fourth-order valence-electron chi connectivity index (χ4n) is 1.64. The Hall–Kier alpha value is -1.31. The highest BCUT2D eigenvalue weighted by Crippen LogP contribution is 2.10. The lowest BCUT2D eigenvalue weighted by Gasteiger charge is -2.09. The van der Waals surface area contributed by atoms with Gasteiger partial charge in [0.05, 0.1) is 0 Å². The smallest absolute Gasteiger partial charge is 0.251 e. The van der Waals surface area contributed by atoms with Crippen molar-refractivity contribution in [3.05, 3.63) is 34.9 Å². The van der Waals surface area contributed by atoms with Crippen LogP contribution in [-0.4, -0.2) is 12.5 Å². The molecule has 0 radical (unpaired) electrons. The van der Waals surface area contributed by atoms with Crippen LogP contribution in [0.15, 0.2) is 18.2 Å². The fraction of sp³-hybridized carbons (Fsp3) is 0.500. The molecule has 0 fully saturated rings. The fourth-order valence-corrected chi connectivity index (χ4v) is 1.64. The van der Waals surface area contributed by atoms with Crippen molar-refractivity contribution in [3.8, 4) is 0 Å². The minimum Gasteiger partial charge on any atom is -0.352 e. The molecule has 0 unspecified atom stereocenters. The van der Waals surface area contributed by atoms with Gasteiger partial charge in [-0.1, -0.05) is 31.5 Å². The molecule has 1 rings (SSSR count). The standard InChI is InChI=1S/C14H21NO/c1-10(2)7-8-15-14(16)13-6-5-11(3)9-12(13)4/h5-6,9-10H,7-8H2,1-4H3,(H,15,16). The van der Waals surface area contributed by atoms with Gasteiger partial charge in [-0.15, -0.1) is 0 Å². The highest BCUT2D eigenvalue weighted by Gasteiger charge is 2.08. The molecule has 0 aliphatic carbocycles. The summed E-state index contributed by atoms with van der Waals surface area (Å²) < 4.78 is 0. The lowest BCUT2D eigenvalue weighted by atomic mass is 10.0. The molecule has 0 saturated carbocycles. The summed E-state index contributed by atoms with van der Waals surface area (Å²) in [6.45, 7) is 9.08. The first-order valence-electron chi connectivity index (χ1n) is 5.86. The van der Waals surface area contributed by atoms with Crippen LogP contribution in [0.1, 0.15) is 41.8 Å². The first-order valence-corrected chi connectivity index (χ1v) is 5.86. The second kappa shape index (κ2) is 5.69. The van der Waals surface area contributed by atoms with Crippen molar-refractivity contribution in [1.82, 2.24) is 5.32 Å². The van der Waals surface area contributed by atoms with Gasteiger partial charge in [-0.05, 0) is 37.8 Å². The molecule has 1 amide bonds. The van der Waals surface area contributed by atoms with E-state index in [4.69, 9.17) is 0 Å². The first kappa shape index (κ1) is 12.8. The van der Waals surface area contributed by atoms with Crippen LogP contribution in [-0.2, 0) is 0 Å². The average molecular weight is 219 g/mol. The van der Waals surface area contributed by atoms with Crippen molar-refractivity contribution in [3.63, 3.8) is 0 Å². The number of carbonyl (C=O) groups excluding carboxylic acids is 1. The summed E-state index contributed by atoms with van der Waals surface area (Å²) in [5.41, 5.74) is 3.02. The van der Waals surface area contributed by atoms with Crippen molar-refractivity contribution in [1.29, 1.82) is 0 Å². The van der Waals surface area contributed by atoms with Gasteiger partial charge in [0.1, 0.15) is 0 Å². The topological polar surface area (TPSA) is 29.1 Å². The number of hydrogen-bond acceptors (Lipinski definition) is 1. The van der Waals surface area contributed by atoms with E-state index < -0.39 is 0 Å². The van der Waals surface area contributed by atoms with Crippen molar-refractivity contribution in [2.75, 3.05) is 6.54 Å². The number of rotatable bonds is 4. The van der Waals surface area contributed by atoms with Crippen molar-refractivity contribution in [2.45, 2.75) is 34.1 Å². The van der Waals surface area contributed by atoms with E-state index in [1.807, 2.05) is 32.0 Å². The molecular weight excluding hydrogens is 198 g/mol.